The third-order valence-corrected chi connectivity index (χ3v) is 6.50. The summed E-state index contributed by atoms with van der Waals surface area (Å²) in [6.07, 6.45) is 1.27. The van der Waals surface area contributed by atoms with E-state index in [0.717, 1.165) is 22.9 Å². The fourth-order valence-electron chi connectivity index (χ4n) is 3.46. The number of hydrogen-bond acceptors (Lipinski definition) is 6. The summed E-state index contributed by atoms with van der Waals surface area (Å²) >= 11 is 0. The van der Waals surface area contributed by atoms with E-state index in [2.05, 4.69) is 4.98 Å². The van der Waals surface area contributed by atoms with Crippen molar-refractivity contribution in [1.29, 1.82) is 0 Å². The quantitative estimate of drug-likeness (QED) is 0.463. The number of sulfone groups is 1. The average molecular weight is 439 g/mol. The lowest BCUT2D eigenvalue weighted by Gasteiger charge is -2.10. The number of hydrogen-bond donors (Lipinski definition) is 1. The van der Waals surface area contributed by atoms with Gasteiger partial charge in [0.15, 0.2) is 15.1 Å². The van der Waals surface area contributed by atoms with Crippen LogP contribution in [0.2, 0.25) is 0 Å². The number of carboxylic acids is 1. The molecule has 0 aliphatic rings. The molecule has 0 saturated carbocycles. The van der Waals surface area contributed by atoms with Gasteiger partial charge in [0, 0.05) is 17.2 Å². The summed E-state index contributed by atoms with van der Waals surface area (Å²) in [5.74, 6) is 0.580. The minimum Gasteiger partial charge on any atom is -0.480 e. The maximum absolute atomic E-state index is 11.8. The standard InChI is InChI=1S/C23H21NO6S/c1-14-19(24-22(29-14)16-6-4-3-5-7-16)13-18-12-17-10-15(8-9-20(17)30-18)11-21(23(25)26)31(2,27)28/h3-10,12,21H,11,13H2,1-2H3,(H,25,26). The van der Waals surface area contributed by atoms with Crippen LogP contribution in [0.5, 0.6) is 0 Å². The molecular formula is C23H21NO6S. The third kappa shape index (κ3) is 4.54. The van der Waals surface area contributed by atoms with Crippen LogP contribution in [0, 0.1) is 6.92 Å². The Morgan fingerprint density at radius 1 is 1.10 bits per heavy atom. The molecule has 0 saturated heterocycles. The highest BCUT2D eigenvalue weighted by Gasteiger charge is 2.28. The number of rotatable bonds is 7. The Balaban J connectivity index is 1.58. The molecule has 0 aliphatic carbocycles. The predicted molar refractivity (Wildman–Crippen MR) is 116 cm³/mol. The number of aromatic nitrogens is 1. The molecule has 160 valence electrons. The van der Waals surface area contributed by atoms with Gasteiger partial charge in [0.2, 0.25) is 5.89 Å². The van der Waals surface area contributed by atoms with Gasteiger partial charge in [0.25, 0.3) is 0 Å². The maximum Gasteiger partial charge on any atom is 0.322 e. The number of carboxylic acid groups (broad SMARTS) is 1. The van der Waals surface area contributed by atoms with Crippen LogP contribution in [0.15, 0.2) is 63.4 Å². The third-order valence-electron chi connectivity index (χ3n) is 5.10. The van der Waals surface area contributed by atoms with Gasteiger partial charge >= 0.3 is 5.97 Å². The number of oxazole rings is 1. The zero-order chi connectivity index (χ0) is 22.2. The van der Waals surface area contributed by atoms with Crippen LogP contribution in [-0.4, -0.2) is 36.0 Å². The minimum atomic E-state index is -3.72. The number of fused-ring (bicyclic) bond motifs is 1. The fraction of sp³-hybridized carbons (Fsp3) is 0.217. The molecule has 4 aromatic rings. The van der Waals surface area contributed by atoms with Crippen LogP contribution in [0.25, 0.3) is 22.4 Å². The van der Waals surface area contributed by atoms with E-state index >= 15 is 0 Å². The zero-order valence-corrected chi connectivity index (χ0v) is 17.8. The molecule has 4 rings (SSSR count). The van der Waals surface area contributed by atoms with Gasteiger partial charge in [-0.15, -0.1) is 0 Å². The zero-order valence-electron chi connectivity index (χ0n) is 17.0. The summed E-state index contributed by atoms with van der Waals surface area (Å²) in [4.78, 5) is 15.9. The van der Waals surface area contributed by atoms with Gasteiger partial charge in [0.1, 0.15) is 17.1 Å². The van der Waals surface area contributed by atoms with E-state index < -0.39 is 21.1 Å². The summed E-state index contributed by atoms with van der Waals surface area (Å²) in [6, 6.07) is 16.6. The van der Waals surface area contributed by atoms with Gasteiger partial charge in [-0.2, -0.15) is 0 Å². The number of benzene rings is 2. The molecule has 2 heterocycles. The largest absolute Gasteiger partial charge is 0.480 e. The number of nitrogens with zero attached hydrogens (tertiary/aromatic N) is 1. The Hall–Kier alpha value is -3.39. The Labute approximate surface area is 179 Å². The highest BCUT2D eigenvalue weighted by Crippen LogP contribution is 2.27. The molecule has 0 amide bonds. The van der Waals surface area contributed by atoms with Crippen LogP contribution in [-0.2, 0) is 27.5 Å². The van der Waals surface area contributed by atoms with Crippen molar-refractivity contribution in [3.05, 3.63) is 77.4 Å². The molecule has 8 heteroatoms. The second-order valence-electron chi connectivity index (χ2n) is 7.51. The van der Waals surface area contributed by atoms with Crippen molar-refractivity contribution in [3.63, 3.8) is 0 Å². The van der Waals surface area contributed by atoms with Crippen molar-refractivity contribution in [2.75, 3.05) is 6.26 Å². The second kappa shape index (κ2) is 8.03. The summed E-state index contributed by atoms with van der Waals surface area (Å²) in [5, 5.41) is 8.54. The van der Waals surface area contributed by atoms with Crippen molar-refractivity contribution in [2.45, 2.75) is 25.0 Å². The molecule has 1 atom stereocenters. The van der Waals surface area contributed by atoms with Crippen molar-refractivity contribution in [1.82, 2.24) is 4.98 Å². The molecule has 0 radical (unpaired) electrons. The van der Waals surface area contributed by atoms with Crippen molar-refractivity contribution < 1.29 is 27.2 Å². The average Bonchev–Trinajstić information content (AvgIpc) is 3.28. The monoisotopic (exact) mass is 439 g/mol. The van der Waals surface area contributed by atoms with Crippen LogP contribution >= 0.6 is 0 Å². The predicted octanol–water partition coefficient (Wildman–Crippen LogP) is 4.03. The Morgan fingerprint density at radius 2 is 1.84 bits per heavy atom. The minimum absolute atomic E-state index is 0.104. The smallest absolute Gasteiger partial charge is 0.322 e. The van der Waals surface area contributed by atoms with Gasteiger partial charge in [-0.1, -0.05) is 24.3 Å². The number of furan rings is 1. The first kappa shape index (κ1) is 20.9. The Kier molecular flexibility index (Phi) is 5.41. The first-order chi connectivity index (χ1) is 14.7. The summed E-state index contributed by atoms with van der Waals surface area (Å²) in [5.41, 5.74) is 2.90. The van der Waals surface area contributed by atoms with Gasteiger partial charge < -0.3 is 13.9 Å². The number of aliphatic carboxylic acids is 1. The van der Waals surface area contributed by atoms with E-state index in [1.165, 1.54) is 0 Å². The van der Waals surface area contributed by atoms with Crippen molar-refractivity contribution in [3.8, 4) is 11.5 Å². The van der Waals surface area contributed by atoms with E-state index in [1.807, 2.05) is 43.3 Å². The molecule has 7 nitrogen and oxygen atoms in total. The molecule has 2 aromatic carbocycles. The van der Waals surface area contributed by atoms with E-state index in [1.54, 1.807) is 18.2 Å². The van der Waals surface area contributed by atoms with Gasteiger partial charge in [-0.3, -0.25) is 4.79 Å². The second-order valence-corrected chi connectivity index (χ2v) is 9.74. The van der Waals surface area contributed by atoms with E-state index in [9.17, 15) is 18.3 Å². The van der Waals surface area contributed by atoms with Crippen LogP contribution in [0.4, 0.5) is 0 Å². The molecule has 2 aromatic heterocycles. The number of carbonyl (C=O) groups is 1. The fourth-order valence-corrected chi connectivity index (χ4v) is 4.32. The van der Waals surface area contributed by atoms with Crippen LogP contribution in [0.1, 0.15) is 22.8 Å². The lowest BCUT2D eigenvalue weighted by atomic mass is 10.1. The molecule has 1 N–H and O–H groups in total. The lowest BCUT2D eigenvalue weighted by Crippen LogP contribution is -2.31. The van der Waals surface area contributed by atoms with Gasteiger partial charge in [0.05, 0.1) is 12.1 Å². The van der Waals surface area contributed by atoms with E-state index in [-0.39, 0.29) is 6.42 Å². The Morgan fingerprint density at radius 3 is 2.52 bits per heavy atom. The molecule has 0 bridgehead atoms. The molecule has 31 heavy (non-hydrogen) atoms. The molecule has 0 fully saturated rings. The van der Waals surface area contributed by atoms with E-state index in [4.69, 9.17) is 8.83 Å². The molecule has 0 spiro atoms. The van der Waals surface area contributed by atoms with Crippen molar-refractivity contribution >= 4 is 26.8 Å². The normalized spacial score (nSPS) is 12.8. The van der Waals surface area contributed by atoms with Crippen LogP contribution < -0.4 is 0 Å². The molecular weight excluding hydrogens is 418 g/mol. The molecule has 0 aliphatic heterocycles. The van der Waals surface area contributed by atoms with Gasteiger partial charge in [-0.25, -0.2) is 13.4 Å². The first-order valence-electron chi connectivity index (χ1n) is 9.65. The molecule has 1 unspecified atom stereocenters. The SMILES string of the molecule is Cc1oc(-c2ccccc2)nc1Cc1cc2cc(CC(C(=O)O)S(C)(=O)=O)ccc2o1. The van der Waals surface area contributed by atoms with Crippen LogP contribution in [0.3, 0.4) is 0 Å². The summed E-state index contributed by atoms with van der Waals surface area (Å²) in [7, 11) is -3.72. The van der Waals surface area contributed by atoms with E-state index in [0.29, 0.717) is 35.0 Å². The highest BCUT2D eigenvalue weighted by atomic mass is 32.2. The summed E-state index contributed by atoms with van der Waals surface area (Å²) in [6.45, 7) is 1.85. The maximum atomic E-state index is 11.8. The Bertz CT molecular complexity index is 1350. The first-order valence-corrected chi connectivity index (χ1v) is 11.6. The van der Waals surface area contributed by atoms with Crippen molar-refractivity contribution in [2.24, 2.45) is 0 Å². The summed E-state index contributed by atoms with van der Waals surface area (Å²) < 4.78 is 35.2. The van der Waals surface area contributed by atoms with Gasteiger partial charge in [-0.05, 0) is 49.2 Å². The lowest BCUT2D eigenvalue weighted by molar-refractivity contribution is -0.136. The highest BCUT2D eigenvalue weighted by molar-refractivity contribution is 7.92. The topological polar surface area (TPSA) is 111 Å². The number of aryl methyl sites for hydroxylation is 1.